The topological polar surface area (TPSA) is 24.1 Å². The fourth-order valence-corrected chi connectivity index (χ4v) is 14.4. The fraction of sp³-hybridized carbons (Fsp3) is 0.195. The van der Waals surface area contributed by atoms with E-state index < -0.39 is 21.3 Å². The van der Waals surface area contributed by atoms with Gasteiger partial charge in [0.15, 0.2) is 0 Å². The Morgan fingerprint density at radius 1 is 0.523 bits per heavy atom. The van der Waals surface area contributed by atoms with Gasteiger partial charge in [-0.25, -0.2) is 0 Å². The number of rotatable bonds is 2. The first-order valence-electron chi connectivity index (χ1n) is 15.7. The molecule has 4 aromatic carbocycles. The van der Waals surface area contributed by atoms with Crippen molar-refractivity contribution in [3.63, 3.8) is 0 Å². The second kappa shape index (κ2) is 13.2. The third-order valence-electron chi connectivity index (χ3n) is 8.66. The van der Waals surface area contributed by atoms with Crippen molar-refractivity contribution in [3.05, 3.63) is 128 Å². The minimum atomic E-state index is -2.43. The van der Waals surface area contributed by atoms with Crippen LogP contribution in [0, 0.1) is 0 Å². The van der Waals surface area contributed by atoms with Crippen molar-refractivity contribution < 1.29 is 21.3 Å². The van der Waals surface area contributed by atoms with Crippen LogP contribution < -0.4 is 31.5 Å². The predicted molar refractivity (Wildman–Crippen MR) is 192 cm³/mol. The molecule has 0 saturated carbocycles. The quantitative estimate of drug-likeness (QED) is 0.309. The van der Waals surface area contributed by atoms with Gasteiger partial charge in [0.25, 0.3) is 0 Å². The van der Waals surface area contributed by atoms with Crippen molar-refractivity contribution in [2.24, 2.45) is 0 Å². The Morgan fingerprint density at radius 2 is 0.886 bits per heavy atom. The second-order valence-corrected chi connectivity index (χ2v) is 18.9. The Bertz CT molecular complexity index is 2070. The van der Waals surface area contributed by atoms with E-state index in [0.29, 0.717) is 0 Å². The van der Waals surface area contributed by atoms with Crippen LogP contribution in [0.3, 0.4) is 0 Å². The van der Waals surface area contributed by atoms with Crippen LogP contribution in [0.25, 0.3) is 52.4 Å². The van der Waals surface area contributed by atoms with Crippen LogP contribution >= 0.6 is 0 Å². The number of fused-ring (bicyclic) bond motifs is 12. The molecule has 0 radical (unpaired) electrons. The van der Waals surface area contributed by atoms with E-state index in [-0.39, 0.29) is 0 Å². The Balaban J connectivity index is 0.000000532. The van der Waals surface area contributed by atoms with E-state index in [1.54, 1.807) is 20.9 Å². The van der Waals surface area contributed by atoms with Crippen LogP contribution in [-0.2, 0) is 34.1 Å². The van der Waals surface area contributed by atoms with Crippen molar-refractivity contribution in [1.82, 2.24) is 10.6 Å². The number of nitrogens with one attached hydrogen (secondary N) is 2. The van der Waals surface area contributed by atoms with Crippen LogP contribution in [0.4, 0.5) is 0 Å². The zero-order chi connectivity index (χ0) is 30.8. The molecule has 0 fully saturated rings. The average Bonchev–Trinajstić information content (AvgIpc) is 3.69. The van der Waals surface area contributed by atoms with E-state index in [1.165, 1.54) is 53.5 Å². The summed E-state index contributed by atoms with van der Waals surface area (Å²) in [5, 5.41) is 16.8. The SMILES string of the molecule is CNC.CNC.C[C](C)=[Zr]([C]1=CC=c2c1c1c(c3ccccc23)=CC=CC1)[C]1=CC=c2c1c1c(c3ccccc23)=CC=CC1. The van der Waals surface area contributed by atoms with E-state index in [9.17, 15) is 0 Å². The third kappa shape index (κ3) is 5.16. The monoisotopic (exact) mass is 652 g/mol. The number of benzene rings is 4. The van der Waals surface area contributed by atoms with Gasteiger partial charge in [-0.15, -0.1) is 0 Å². The average molecular weight is 654 g/mol. The molecule has 220 valence electrons. The van der Waals surface area contributed by atoms with Gasteiger partial charge >= 0.3 is 232 Å². The molecule has 4 aliphatic rings. The molecule has 2 N–H and O–H groups in total. The number of hydrogen-bond donors (Lipinski definition) is 2. The first-order chi connectivity index (χ1) is 21.5. The molecule has 44 heavy (non-hydrogen) atoms. The first-order valence-corrected chi connectivity index (χ1v) is 19.3. The fourth-order valence-electron chi connectivity index (χ4n) is 7.16. The molecule has 0 unspecified atom stereocenters. The van der Waals surface area contributed by atoms with Crippen LogP contribution in [0.1, 0.15) is 36.1 Å². The standard InChI is InChI=1S/2C17H11.C3H6.2C2H7N.Zr/c2*1-3-8-14-12(6-1)13-7-2-4-9-15(13)17-11-5-10-16(14)17;3*1-3-2;/h2*1-8,10H,9H2;1-2H3;2*3H,1-2H3;. The molecule has 3 heteroatoms. The molecule has 4 aromatic rings. The van der Waals surface area contributed by atoms with Gasteiger partial charge in [0.1, 0.15) is 0 Å². The van der Waals surface area contributed by atoms with Crippen LogP contribution in [0.5, 0.6) is 0 Å². The number of hydrogen-bond acceptors (Lipinski definition) is 2. The van der Waals surface area contributed by atoms with Gasteiger partial charge in [0, 0.05) is 0 Å². The zero-order valence-electron chi connectivity index (χ0n) is 26.8. The van der Waals surface area contributed by atoms with E-state index in [0.717, 1.165) is 12.8 Å². The Morgan fingerprint density at radius 3 is 1.25 bits per heavy atom. The van der Waals surface area contributed by atoms with Crippen LogP contribution in [0.15, 0.2) is 85.0 Å². The summed E-state index contributed by atoms with van der Waals surface area (Å²) in [6, 6.07) is 18.0. The van der Waals surface area contributed by atoms with Gasteiger partial charge in [0.05, 0.1) is 0 Å². The molecule has 0 spiro atoms. The molecule has 0 aromatic heterocycles. The third-order valence-corrected chi connectivity index (χ3v) is 15.8. The molecule has 4 aliphatic carbocycles. The summed E-state index contributed by atoms with van der Waals surface area (Å²) < 4.78 is 4.94. The molecule has 8 rings (SSSR count). The number of allylic oxidation sites excluding steroid dienone is 6. The molecule has 0 aliphatic heterocycles. The van der Waals surface area contributed by atoms with E-state index >= 15 is 0 Å². The van der Waals surface area contributed by atoms with Gasteiger partial charge in [-0.1, -0.05) is 0 Å². The van der Waals surface area contributed by atoms with E-state index in [1.807, 2.05) is 28.2 Å². The summed E-state index contributed by atoms with van der Waals surface area (Å²) in [7, 11) is 7.50. The van der Waals surface area contributed by atoms with Crippen molar-refractivity contribution >= 4 is 55.6 Å². The molecular formula is C41H42N2Zr. The van der Waals surface area contributed by atoms with Crippen molar-refractivity contribution in [2.45, 2.75) is 26.7 Å². The van der Waals surface area contributed by atoms with Gasteiger partial charge < -0.3 is 10.6 Å². The Labute approximate surface area is 269 Å². The molecule has 0 bridgehead atoms. The van der Waals surface area contributed by atoms with Gasteiger partial charge in [-0.3, -0.25) is 0 Å². The van der Waals surface area contributed by atoms with Crippen LogP contribution in [-0.4, -0.2) is 31.4 Å². The van der Waals surface area contributed by atoms with E-state index in [4.69, 9.17) is 0 Å². The van der Waals surface area contributed by atoms with Gasteiger partial charge in [-0.2, -0.15) is 0 Å². The van der Waals surface area contributed by atoms with Crippen molar-refractivity contribution in [1.29, 1.82) is 0 Å². The Kier molecular flexibility index (Phi) is 9.19. The minimum absolute atomic E-state index is 1.02. The summed E-state index contributed by atoms with van der Waals surface area (Å²) in [6.45, 7) is 4.82. The maximum atomic E-state index is 2.75. The summed E-state index contributed by atoms with van der Waals surface area (Å²) in [6.07, 6.45) is 25.8. The molecule has 0 heterocycles. The zero-order valence-corrected chi connectivity index (χ0v) is 29.3. The van der Waals surface area contributed by atoms with Gasteiger partial charge in [0.2, 0.25) is 0 Å². The van der Waals surface area contributed by atoms with Crippen molar-refractivity contribution in [3.8, 4) is 0 Å². The summed E-state index contributed by atoms with van der Waals surface area (Å²) in [5.41, 5.74) is 6.15. The van der Waals surface area contributed by atoms with Crippen LogP contribution in [0.2, 0.25) is 0 Å². The summed E-state index contributed by atoms with van der Waals surface area (Å²) >= 11 is -2.43. The molecule has 0 amide bonds. The molecule has 2 nitrogen and oxygen atoms in total. The summed E-state index contributed by atoms with van der Waals surface area (Å²) in [5.74, 6) is 0. The normalized spacial score (nSPS) is 14.5. The van der Waals surface area contributed by atoms with Crippen molar-refractivity contribution in [2.75, 3.05) is 28.2 Å². The molecule has 0 saturated heterocycles. The maximum absolute atomic E-state index is 2.75. The first kappa shape index (κ1) is 30.5. The molecular weight excluding hydrogens is 612 g/mol. The van der Waals surface area contributed by atoms with E-state index in [2.05, 4.69) is 134 Å². The predicted octanol–water partition coefficient (Wildman–Crippen LogP) is 5.25. The summed E-state index contributed by atoms with van der Waals surface area (Å²) in [4.78, 5) is 0. The Hall–Kier alpha value is -3.49. The molecule has 0 atom stereocenters. The second-order valence-electron chi connectivity index (χ2n) is 11.9. The van der Waals surface area contributed by atoms with Gasteiger partial charge in [-0.05, 0) is 28.2 Å².